The van der Waals surface area contributed by atoms with Crippen LogP contribution in [0.15, 0.2) is 0 Å². The van der Waals surface area contributed by atoms with Crippen molar-refractivity contribution >= 4 is 11.9 Å². The molecule has 0 aromatic rings. The number of ether oxygens (including phenoxy) is 1. The van der Waals surface area contributed by atoms with Crippen LogP contribution in [0.4, 0.5) is 0 Å². The van der Waals surface area contributed by atoms with Gasteiger partial charge < -0.3 is 4.74 Å². The Balaban J connectivity index is 0.0000000777. The molecule has 13 saturated carbocycles. The maximum Gasteiger partial charge on any atom is 0.317 e. The lowest BCUT2D eigenvalue weighted by Gasteiger charge is -2.49. The quantitative estimate of drug-likeness (QED) is 0.158. The van der Waals surface area contributed by atoms with Crippen LogP contribution in [0.25, 0.3) is 0 Å². The maximum absolute atomic E-state index is 11.2. The van der Waals surface area contributed by atoms with Crippen molar-refractivity contribution in [1.82, 2.24) is 0 Å². The van der Waals surface area contributed by atoms with Crippen molar-refractivity contribution in [2.24, 2.45) is 107 Å². The van der Waals surface area contributed by atoms with Gasteiger partial charge in [-0.1, -0.05) is 6.42 Å². The normalized spacial score (nSPS) is 57.7. The summed E-state index contributed by atoms with van der Waals surface area (Å²) >= 11 is 0. The van der Waals surface area contributed by atoms with Crippen LogP contribution in [0.3, 0.4) is 0 Å². The van der Waals surface area contributed by atoms with Gasteiger partial charge >= 0.3 is 11.9 Å². The topological polar surface area (TPSA) is 43.4 Å². The van der Waals surface area contributed by atoms with Crippen LogP contribution in [-0.4, -0.2) is 11.9 Å². The number of esters is 2. The summed E-state index contributed by atoms with van der Waals surface area (Å²) in [5.74, 6) is 17.1. The predicted molar refractivity (Wildman–Crippen MR) is 171 cm³/mol. The zero-order valence-corrected chi connectivity index (χ0v) is 27.5. The Morgan fingerprint density at radius 2 is 0.682 bits per heavy atom. The summed E-state index contributed by atoms with van der Waals surface area (Å²) in [4.78, 5) is 22.4. The summed E-state index contributed by atoms with van der Waals surface area (Å²) in [7, 11) is 0. The van der Waals surface area contributed by atoms with Gasteiger partial charge in [0.25, 0.3) is 0 Å². The van der Waals surface area contributed by atoms with Crippen molar-refractivity contribution in [1.29, 1.82) is 0 Å². The first-order valence-electron chi connectivity index (χ1n) is 20.3. The molecule has 0 spiro atoms. The van der Waals surface area contributed by atoms with E-state index in [2.05, 4.69) is 4.74 Å². The predicted octanol–water partition coefficient (Wildman–Crippen LogP) is 9.48. The first-order chi connectivity index (χ1) is 21.6. The Bertz CT molecular complexity index is 1000. The molecule has 242 valence electrons. The third-order valence-corrected chi connectivity index (χ3v) is 17.7. The molecule has 0 N–H and O–H groups in total. The largest absolute Gasteiger partial charge is 0.393 e. The summed E-state index contributed by atoms with van der Waals surface area (Å²) in [6.45, 7) is 0. The minimum Gasteiger partial charge on any atom is -0.393 e. The fourth-order valence-electron chi connectivity index (χ4n) is 16.7. The van der Waals surface area contributed by atoms with Crippen molar-refractivity contribution in [3.63, 3.8) is 0 Å². The highest BCUT2D eigenvalue weighted by Crippen LogP contribution is 2.67. The first kappa shape index (κ1) is 28.2. The third-order valence-electron chi connectivity index (χ3n) is 17.7. The van der Waals surface area contributed by atoms with Gasteiger partial charge in [0.15, 0.2) is 0 Å². The standard InChI is InChI=1S/C12H18.2C10H16.C9H10O3/c1-2-8-5-7(1)11-9-3-4-10(6-9)12(8)11;1-7-2-9-4-8(1)5-10(3-7)6-9;1-2-9-7-4-5-8(6-7)10(9)3-1;10-8-6-4-1-2-5(3-4)7(6)9(11)12-8/h7-12H,1-6H2;2*7-10H,1-6H2;4-7H,1-3H2. The Morgan fingerprint density at radius 1 is 0.364 bits per heavy atom. The fourth-order valence-corrected chi connectivity index (χ4v) is 16.7. The molecule has 12 atom stereocenters. The van der Waals surface area contributed by atoms with Crippen LogP contribution in [0, 0.1) is 107 Å². The van der Waals surface area contributed by atoms with Gasteiger partial charge in [-0.25, -0.2) is 0 Å². The zero-order valence-electron chi connectivity index (χ0n) is 27.5. The second-order valence-electron chi connectivity index (χ2n) is 19.4. The maximum atomic E-state index is 11.2. The van der Waals surface area contributed by atoms with E-state index in [0.29, 0.717) is 11.8 Å². The van der Waals surface area contributed by atoms with Crippen LogP contribution in [0.2, 0.25) is 0 Å². The van der Waals surface area contributed by atoms with Crippen molar-refractivity contribution in [3.8, 4) is 0 Å². The van der Waals surface area contributed by atoms with Crippen molar-refractivity contribution in [2.75, 3.05) is 0 Å². The molecule has 0 radical (unpaired) electrons. The molecule has 3 nitrogen and oxygen atoms in total. The van der Waals surface area contributed by atoms with Crippen molar-refractivity contribution in [3.05, 3.63) is 0 Å². The lowest BCUT2D eigenvalue weighted by atomic mass is 9.56. The van der Waals surface area contributed by atoms with E-state index < -0.39 is 0 Å². The van der Waals surface area contributed by atoms with Gasteiger partial charge in [-0.2, -0.15) is 0 Å². The lowest BCUT2D eigenvalue weighted by Crippen LogP contribution is -2.38. The van der Waals surface area contributed by atoms with E-state index in [1.54, 1.807) is 116 Å². The van der Waals surface area contributed by atoms with Crippen LogP contribution < -0.4 is 0 Å². The summed E-state index contributed by atoms with van der Waals surface area (Å²) < 4.78 is 4.63. The summed E-state index contributed by atoms with van der Waals surface area (Å²) in [6.07, 6.45) is 32.2. The molecule has 44 heavy (non-hydrogen) atoms. The molecule has 1 aliphatic heterocycles. The molecule has 13 aliphatic carbocycles. The second kappa shape index (κ2) is 10.8. The van der Waals surface area contributed by atoms with Crippen molar-refractivity contribution < 1.29 is 14.3 Å². The van der Waals surface area contributed by atoms with Gasteiger partial charge in [0.1, 0.15) is 0 Å². The SMILES string of the molecule is C1C2CC3CC1CC(C2)C3.C1CC2C3CCC(C3)C2C1.C1CC2CC1C1C3CCC(C3)C21.O=C1OC(=O)C2C3CCC(C3)C12. The molecule has 14 aliphatic rings. The number of fused-ring (bicyclic) bond motifs is 19. The van der Waals surface area contributed by atoms with E-state index in [1.807, 2.05) is 0 Å². The fraction of sp³-hybridized carbons (Fsp3) is 0.951. The van der Waals surface area contributed by atoms with E-state index in [-0.39, 0.29) is 23.8 Å². The smallest absolute Gasteiger partial charge is 0.317 e. The molecule has 12 unspecified atom stereocenters. The minimum atomic E-state index is -0.253. The van der Waals surface area contributed by atoms with Crippen LogP contribution in [-0.2, 0) is 14.3 Å². The molecule has 0 aromatic carbocycles. The molecule has 0 aromatic heterocycles. The number of carbonyl (C=O) groups excluding carboxylic acids is 2. The number of carbonyl (C=O) groups is 2. The van der Waals surface area contributed by atoms with Gasteiger partial charge in [0.05, 0.1) is 11.8 Å². The number of rotatable bonds is 0. The van der Waals surface area contributed by atoms with Gasteiger partial charge in [0, 0.05) is 0 Å². The zero-order chi connectivity index (χ0) is 29.1. The summed E-state index contributed by atoms with van der Waals surface area (Å²) in [6, 6.07) is 0. The molecule has 1 saturated heterocycles. The molecular weight excluding hydrogens is 540 g/mol. The lowest BCUT2D eigenvalue weighted by molar-refractivity contribution is -0.154. The van der Waals surface area contributed by atoms with Gasteiger partial charge in [-0.3, -0.25) is 9.59 Å². The second-order valence-corrected chi connectivity index (χ2v) is 19.4. The molecule has 3 heteroatoms. The number of hydrogen-bond acceptors (Lipinski definition) is 3. The van der Waals surface area contributed by atoms with E-state index >= 15 is 0 Å². The Morgan fingerprint density at radius 3 is 1.09 bits per heavy atom. The summed E-state index contributed by atoms with van der Waals surface area (Å²) in [5, 5.41) is 0. The van der Waals surface area contributed by atoms with Crippen LogP contribution >= 0.6 is 0 Å². The highest BCUT2D eigenvalue weighted by Gasteiger charge is 2.60. The van der Waals surface area contributed by atoms with Gasteiger partial charge in [-0.15, -0.1) is 0 Å². The molecule has 14 rings (SSSR count). The minimum absolute atomic E-state index is 0.0590. The average molecular weight is 601 g/mol. The summed E-state index contributed by atoms with van der Waals surface area (Å²) in [5.41, 5.74) is 0. The van der Waals surface area contributed by atoms with Gasteiger partial charge in [-0.05, 0) is 223 Å². The van der Waals surface area contributed by atoms with Crippen molar-refractivity contribution in [2.45, 2.75) is 135 Å². The monoisotopic (exact) mass is 600 g/mol. The molecule has 14 fully saturated rings. The molecular formula is C41H60O3. The molecule has 1 heterocycles. The number of hydrogen-bond donors (Lipinski definition) is 0. The van der Waals surface area contributed by atoms with E-state index in [1.165, 1.54) is 82.9 Å². The molecule has 0 amide bonds. The molecule has 12 bridgehead atoms. The van der Waals surface area contributed by atoms with Gasteiger partial charge in [0.2, 0.25) is 0 Å². The third kappa shape index (κ3) is 4.52. The Labute approximate surface area is 267 Å². The van der Waals surface area contributed by atoms with E-state index in [0.717, 1.165) is 19.3 Å². The van der Waals surface area contributed by atoms with E-state index in [9.17, 15) is 9.59 Å². The van der Waals surface area contributed by atoms with E-state index in [4.69, 9.17) is 0 Å². The first-order valence-corrected chi connectivity index (χ1v) is 20.3. The van der Waals surface area contributed by atoms with Crippen LogP contribution in [0.1, 0.15) is 135 Å². The highest BCUT2D eigenvalue weighted by atomic mass is 16.6. The highest BCUT2D eigenvalue weighted by molar-refractivity contribution is 5.97. The van der Waals surface area contributed by atoms with Crippen LogP contribution in [0.5, 0.6) is 0 Å². The average Bonchev–Trinajstić information content (AvgIpc) is 3.86. The Kier molecular flexibility index (Phi) is 6.94. The number of cyclic esters (lactones) is 2. The Hall–Kier alpha value is -0.860.